The van der Waals surface area contributed by atoms with Gasteiger partial charge >= 0.3 is 12.3 Å². The molecule has 0 spiro atoms. The van der Waals surface area contributed by atoms with E-state index in [0.29, 0.717) is 11.5 Å². The van der Waals surface area contributed by atoms with Crippen LogP contribution in [0.2, 0.25) is 0 Å². The molecule has 1 aromatic heterocycles. The van der Waals surface area contributed by atoms with Gasteiger partial charge in [0.1, 0.15) is 5.82 Å². The maximum absolute atomic E-state index is 12.4. The Morgan fingerprint density at radius 1 is 1.10 bits per heavy atom. The third-order valence-electron chi connectivity index (χ3n) is 4.42. The third kappa shape index (κ3) is 3.88. The Bertz CT molecular complexity index is 1110. The molecule has 1 amide bonds. The number of ether oxygens (including phenoxy) is 1. The van der Waals surface area contributed by atoms with Crippen LogP contribution in [0.3, 0.4) is 0 Å². The number of aliphatic imine (C=N–C) groups is 1. The number of nitrogens with one attached hydrogen (secondary N) is 1. The van der Waals surface area contributed by atoms with Crippen LogP contribution in [0.15, 0.2) is 59.6 Å². The lowest BCUT2D eigenvalue weighted by Gasteiger charge is -2.15. The largest absolute Gasteiger partial charge is 0.440 e. The number of aryl methyl sites for hydroxylation is 1. The van der Waals surface area contributed by atoms with Gasteiger partial charge in [0.2, 0.25) is 0 Å². The van der Waals surface area contributed by atoms with Gasteiger partial charge in [-0.05, 0) is 13.0 Å². The number of alkyl halides is 3. The summed E-state index contributed by atoms with van der Waals surface area (Å²) in [6.07, 6.45) is -6.99. The number of carbonyl (C=O) groups excluding carboxylic acids is 1. The molecular weight excluding hydrogens is 399 g/mol. The summed E-state index contributed by atoms with van der Waals surface area (Å²) in [4.78, 5) is 16.7. The number of amides is 1. The summed E-state index contributed by atoms with van der Waals surface area (Å²) in [5.41, 5.74) is 2.83. The van der Waals surface area contributed by atoms with Gasteiger partial charge in [-0.15, -0.1) is 10.2 Å². The summed E-state index contributed by atoms with van der Waals surface area (Å²) < 4.78 is 43.2. The first-order chi connectivity index (χ1) is 14.3. The van der Waals surface area contributed by atoms with Gasteiger partial charge in [0, 0.05) is 11.1 Å². The van der Waals surface area contributed by atoms with E-state index in [4.69, 9.17) is 0 Å². The molecule has 1 N–H and O–H groups in total. The molecule has 0 bridgehead atoms. The predicted molar refractivity (Wildman–Crippen MR) is 101 cm³/mol. The Labute approximate surface area is 169 Å². The number of hydrogen-bond donors (Lipinski definition) is 1. The molecule has 0 saturated heterocycles. The van der Waals surface area contributed by atoms with Gasteiger partial charge in [-0.3, -0.25) is 14.9 Å². The summed E-state index contributed by atoms with van der Waals surface area (Å²) in [5, 5.41) is 10.5. The SMILES string of the molecule is Cc1nnc2n1-c1ccccc1C(c1ccccc1)=NC2NC(=O)OCC(F)(F)F. The highest BCUT2D eigenvalue weighted by atomic mass is 19.4. The van der Waals surface area contributed by atoms with Crippen LogP contribution >= 0.6 is 0 Å². The zero-order valence-electron chi connectivity index (χ0n) is 15.7. The minimum absolute atomic E-state index is 0.259. The average Bonchev–Trinajstić information content (AvgIpc) is 3.04. The molecule has 1 unspecified atom stereocenters. The van der Waals surface area contributed by atoms with Gasteiger partial charge in [-0.25, -0.2) is 4.79 Å². The standard InChI is InChI=1S/C20H16F3N5O2/c1-12-26-27-18-17(25-19(29)30-11-20(21,22)23)24-16(13-7-3-2-4-8-13)14-9-5-6-10-15(14)28(12)18/h2-10,17H,11H2,1H3,(H,25,29). The number of halogens is 3. The van der Waals surface area contributed by atoms with Crippen LogP contribution in [-0.2, 0) is 4.74 Å². The van der Waals surface area contributed by atoms with Crippen molar-refractivity contribution in [1.29, 1.82) is 0 Å². The van der Waals surface area contributed by atoms with E-state index in [2.05, 4.69) is 25.2 Å². The number of para-hydroxylation sites is 1. The molecule has 3 aromatic rings. The van der Waals surface area contributed by atoms with E-state index >= 15 is 0 Å². The van der Waals surface area contributed by atoms with Crippen molar-refractivity contribution >= 4 is 11.8 Å². The molecule has 1 aliphatic rings. The molecule has 2 heterocycles. The maximum atomic E-state index is 12.4. The molecule has 7 nitrogen and oxygen atoms in total. The number of carbonyl (C=O) groups is 1. The van der Waals surface area contributed by atoms with E-state index in [1.165, 1.54) is 0 Å². The molecule has 10 heteroatoms. The quantitative estimate of drug-likeness (QED) is 0.707. The van der Waals surface area contributed by atoms with Gasteiger partial charge in [0.05, 0.1) is 11.4 Å². The van der Waals surface area contributed by atoms with E-state index in [1.54, 1.807) is 11.5 Å². The monoisotopic (exact) mass is 415 g/mol. The fourth-order valence-electron chi connectivity index (χ4n) is 3.20. The van der Waals surface area contributed by atoms with Gasteiger partial charge in [-0.1, -0.05) is 48.5 Å². The van der Waals surface area contributed by atoms with Crippen LogP contribution in [0.4, 0.5) is 18.0 Å². The minimum atomic E-state index is -4.63. The molecule has 0 aliphatic carbocycles. The van der Waals surface area contributed by atoms with Crippen molar-refractivity contribution in [2.45, 2.75) is 19.3 Å². The van der Waals surface area contributed by atoms with Crippen LogP contribution < -0.4 is 5.32 Å². The van der Waals surface area contributed by atoms with Crippen molar-refractivity contribution in [3.63, 3.8) is 0 Å². The Kier molecular flexibility index (Phi) is 4.98. The third-order valence-corrected chi connectivity index (χ3v) is 4.42. The average molecular weight is 415 g/mol. The van der Waals surface area contributed by atoms with Crippen molar-refractivity contribution in [3.05, 3.63) is 77.4 Å². The van der Waals surface area contributed by atoms with Crippen LogP contribution in [0.5, 0.6) is 0 Å². The van der Waals surface area contributed by atoms with Crippen molar-refractivity contribution in [2.24, 2.45) is 4.99 Å². The number of benzene rings is 2. The minimum Gasteiger partial charge on any atom is -0.440 e. The molecule has 30 heavy (non-hydrogen) atoms. The highest BCUT2D eigenvalue weighted by molar-refractivity contribution is 6.15. The molecule has 4 rings (SSSR count). The Balaban J connectivity index is 1.80. The van der Waals surface area contributed by atoms with Gasteiger partial charge < -0.3 is 4.74 Å². The molecule has 1 atom stereocenters. The van der Waals surface area contributed by atoms with Crippen LogP contribution in [-0.4, -0.2) is 39.4 Å². The van der Waals surface area contributed by atoms with Gasteiger partial charge in [0.25, 0.3) is 0 Å². The molecule has 0 saturated carbocycles. The summed E-state index contributed by atoms with van der Waals surface area (Å²) in [6.45, 7) is 0.0343. The van der Waals surface area contributed by atoms with Crippen molar-refractivity contribution in [2.75, 3.05) is 6.61 Å². The highest BCUT2D eigenvalue weighted by Crippen LogP contribution is 2.29. The Hall–Kier alpha value is -3.69. The molecule has 154 valence electrons. The first-order valence-corrected chi connectivity index (χ1v) is 8.98. The van der Waals surface area contributed by atoms with Crippen LogP contribution in [0.1, 0.15) is 28.9 Å². The van der Waals surface area contributed by atoms with E-state index in [-0.39, 0.29) is 5.82 Å². The number of hydrogen-bond acceptors (Lipinski definition) is 5. The molecular formula is C20H16F3N5O2. The number of alkyl carbamates (subject to hydrolysis) is 1. The molecule has 1 aliphatic heterocycles. The second kappa shape index (κ2) is 7.62. The normalized spacial score (nSPS) is 15.5. The van der Waals surface area contributed by atoms with Crippen molar-refractivity contribution < 1.29 is 22.7 Å². The Morgan fingerprint density at radius 2 is 1.80 bits per heavy atom. The molecule has 0 radical (unpaired) electrons. The fraction of sp³-hybridized carbons (Fsp3) is 0.200. The molecule has 2 aromatic carbocycles. The van der Waals surface area contributed by atoms with Gasteiger partial charge in [0.15, 0.2) is 18.6 Å². The predicted octanol–water partition coefficient (Wildman–Crippen LogP) is 3.71. The van der Waals surface area contributed by atoms with E-state index in [1.807, 2.05) is 54.6 Å². The summed E-state index contributed by atoms with van der Waals surface area (Å²) in [7, 11) is 0. The summed E-state index contributed by atoms with van der Waals surface area (Å²) in [5.74, 6) is 0.798. The lowest BCUT2D eigenvalue weighted by Crippen LogP contribution is -2.32. The van der Waals surface area contributed by atoms with Crippen LogP contribution in [0, 0.1) is 6.92 Å². The van der Waals surface area contributed by atoms with E-state index in [0.717, 1.165) is 16.8 Å². The second-order valence-corrected chi connectivity index (χ2v) is 6.54. The van der Waals surface area contributed by atoms with Gasteiger partial charge in [-0.2, -0.15) is 13.2 Å². The fourth-order valence-corrected chi connectivity index (χ4v) is 3.20. The first kappa shape index (κ1) is 19.6. The molecule has 0 fully saturated rings. The highest BCUT2D eigenvalue weighted by Gasteiger charge is 2.32. The summed E-state index contributed by atoms with van der Waals surface area (Å²) in [6, 6.07) is 16.7. The smallest absolute Gasteiger partial charge is 0.422 e. The van der Waals surface area contributed by atoms with E-state index in [9.17, 15) is 18.0 Å². The topological polar surface area (TPSA) is 81.4 Å². The summed E-state index contributed by atoms with van der Waals surface area (Å²) >= 11 is 0. The first-order valence-electron chi connectivity index (χ1n) is 8.98. The number of aromatic nitrogens is 3. The Morgan fingerprint density at radius 3 is 2.53 bits per heavy atom. The zero-order valence-corrected chi connectivity index (χ0v) is 15.7. The van der Waals surface area contributed by atoms with E-state index < -0.39 is 25.0 Å². The maximum Gasteiger partial charge on any atom is 0.422 e. The number of nitrogens with zero attached hydrogens (tertiary/aromatic N) is 4. The van der Waals surface area contributed by atoms with Crippen molar-refractivity contribution in [1.82, 2.24) is 20.1 Å². The van der Waals surface area contributed by atoms with Crippen LogP contribution in [0.25, 0.3) is 5.69 Å². The number of rotatable bonds is 3. The van der Waals surface area contributed by atoms with Crippen molar-refractivity contribution in [3.8, 4) is 5.69 Å². The zero-order chi connectivity index (χ0) is 21.3. The second-order valence-electron chi connectivity index (χ2n) is 6.54. The lowest BCUT2D eigenvalue weighted by molar-refractivity contribution is -0.160. The lowest BCUT2D eigenvalue weighted by atomic mass is 10.0. The number of fused-ring (bicyclic) bond motifs is 3.